The average molecular weight is 154 g/mol. The molecule has 0 aromatic carbocycles. The third-order valence-corrected chi connectivity index (χ3v) is 1.44. The molecule has 1 rings (SSSR count). The Labute approximate surface area is 67.0 Å². The van der Waals surface area contributed by atoms with Gasteiger partial charge in [0.2, 0.25) is 0 Å². The molecule has 0 radical (unpaired) electrons. The lowest BCUT2D eigenvalue weighted by atomic mass is 10.4. The number of ether oxygens (including phenoxy) is 1. The molecule has 0 amide bonds. The van der Waals surface area contributed by atoms with Crippen LogP contribution >= 0.6 is 0 Å². The van der Waals surface area contributed by atoms with Crippen molar-refractivity contribution in [2.24, 2.45) is 0 Å². The molecule has 3 nitrogen and oxygen atoms in total. The fourth-order valence-electron chi connectivity index (χ4n) is 0.779. The van der Waals surface area contributed by atoms with Crippen LogP contribution in [-0.2, 0) is 11.5 Å². The highest BCUT2D eigenvalue weighted by atomic mass is 16.5. The van der Waals surface area contributed by atoms with Crippen LogP contribution in [0.15, 0.2) is 18.7 Å². The van der Waals surface area contributed by atoms with Gasteiger partial charge >= 0.3 is 0 Å². The van der Waals surface area contributed by atoms with Crippen LogP contribution < -0.4 is 0 Å². The summed E-state index contributed by atoms with van der Waals surface area (Å²) >= 11 is 0. The molecule has 0 atom stereocenters. The van der Waals surface area contributed by atoms with Crippen LogP contribution in [0, 0.1) is 0 Å². The molecule has 11 heavy (non-hydrogen) atoms. The van der Waals surface area contributed by atoms with Gasteiger partial charge in [-0.15, -0.1) is 0 Å². The van der Waals surface area contributed by atoms with Crippen molar-refractivity contribution in [3.05, 3.63) is 18.7 Å². The first-order valence-corrected chi connectivity index (χ1v) is 3.97. The van der Waals surface area contributed by atoms with Crippen molar-refractivity contribution in [2.75, 3.05) is 6.61 Å². The Morgan fingerprint density at radius 2 is 2.45 bits per heavy atom. The number of imidazole rings is 1. The van der Waals surface area contributed by atoms with E-state index in [-0.39, 0.29) is 0 Å². The Kier molecular flexibility index (Phi) is 3.69. The second-order valence-electron chi connectivity index (χ2n) is 2.47. The molecule has 3 heteroatoms. The number of hydrogen-bond acceptors (Lipinski definition) is 2. The van der Waals surface area contributed by atoms with Gasteiger partial charge in [-0.2, -0.15) is 0 Å². The van der Waals surface area contributed by atoms with Crippen molar-refractivity contribution in [1.29, 1.82) is 0 Å². The number of unbranched alkanes of at least 4 members (excludes halogenated alkanes) is 1. The SMILES string of the molecule is CCCCOCn1ccnc1. The fraction of sp³-hybridized carbons (Fsp3) is 0.625. The van der Waals surface area contributed by atoms with Crippen molar-refractivity contribution in [1.82, 2.24) is 9.55 Å². The molecule has 1 aromatic heterocycles. The largest absolute Gasteiger partial charge is 0.361 e. The third-order valence-electron chi connectivity index (χ3n) is 1.44. The van der Waals surface area contributed by atoms with Crippen molar-refractivity contribution in [3.8, 4) is 0 Å². The molecule has 0 aliphatic heterocycles. The van der Waals surface area contributed by atoms with Gasteiger partial charge in [0.1, 0.15) is 6.73 Å². The van der Waals surface area contributed by atoms with E-state index >= 15 is 0 Å². The van der Waals surface area contributed by atoms with E-state index in [9.17, 15) is 0 Å². The molecule has 62 valence electrons. The highest BCUT2D eigenvalue weighted by Gasteiger charge is 1.88. The molecular weight excluding hydrogens is 140 g/mol. The zero-order valence-electron chi connectivity index (χ0n) is 6.86. The zero-order valence-corrected chi connectivity index (χ0v) is 6.86. The Morgan fingerprint density at radius 1 is 1.55 bits per heavy atom. The molecule has 0 aliphatic rings. The summed E-state index contributed by atoms with van der Waals surface area (Å²) < 4.78 is 7.25. The minimum Gasteiger partial charge on any atom is -0.361 e. The summed E-state index contributed by atoms with van der Waals surface area (Å²) in [6, 6.07) is 0. The Hall–Kier alpha value is -0.830. The summed E-state index contributed by atoms with van der Waals surface area (Å²) in [6.07, 6.45) is 7.72. The highest BCUT2D eigenvalue weighted by molar-refractivity contribution is 4.71. The summed E-state index contributed by atoms with van der Waals surface area (Å²) in [5.74, 6) is 0. The summed E-state index contributed by atoms with van der Waals surface area (Å²) in [6.45, 7) is 3.62. The van der Waals surface area contributed by atoms with Crippen LogP contribution in [-0.4, -0.2) is 16.2 Å². The zero-order chi connectivity index (χ0) is 7.94. The van der Waals surface area contributed by atoms with E-state index in [1.54, 1.807) is 12.5 Å². The molecule has 0 saturated carbocycles. The van der Waals surface area contributed by atoms with E-state index in [0.717, 1.165) is 13.0 Å². The van der Waals surface area contributed by atoms with Crippen LogP contribution in [0.3, 0.4) is 0 Å². The van der Waals surface area contributed by atoms with Crippen LogP contribution in [0.2, 0.25) is 0 Å². The van der Waals surface area contributed by atoms with E-state index in [2.05, 4.69) is 11.9 Å². The van der Waals surface area contributed by atoms with Gasteiger partial charge < -0.3 is 9.30 Å². The normalized spacial score (nSPS) is 10.3. The first-order valence-electron chi connectivity index (χ1n) is 3.97. The summed E-state index contributed by atoms with van der Waals surface area (Å²) in [5.41, 5.74) is 0. The van der Waals surface area contributed by atoms with E-state index < -0.39 is 0 Å². The predicted molar refractivity (Wildman–Crippen MR) is 43.1 cm³/mol. The predicted octanol–water partition coefficient (Wildman–Crippen LogP) is 1.66. The summed E-state index contributed by atoms with van der Waals surface area (Å²) in [7, 11) is 0. The maximum atomic E-state index is 5.34. The summed E-state index contributed by atoms with van der Waals surface area (Å²) in [5, 5.41) is 0. The van der Waals surface area contributed by atoms with Crippen LogP contribution in [0.1, 0.15) is 19.8 Å². The minimum absolute atomic E-state index is 0.625. The lowest BCUT2D eigenvalue weighted by Gasteiger charge is -2.02. The highest BCUT2D eigenvalue weighted by Crippen LogP contribution is 1.91. The van der Waals surface area contributed by atoms with Gasteiger partial charge in [0.15, 0.2) is 0 Å². The van der Waals surface area contributed by atoms with Gasteiger partial charge in [-0.3, -0.25) is 0 Å². The van der Waals surface area contributed by atoms with Crippen molar-refractivity contribution in [2.45, 2.75) is 26.5 Å². The maximum Gasteiger partial charge on any atom is 0.123 e. The van der Waals surface area contributed by atoms with Crippen LogP contribution in [0.5, 0.6) is 0 Å². The quantitative estimate of drug-likeness (QED) is 0.603. The number of aromatic nitrogens is 2. The molecule has 0 N–H and O–H groups in total. The van der Waals surface area contributed by atoms with Gasteiger partial charge in [0, 0.05) is 19.0 Å². The maximum absolute atomic E-state index is 5.34. The van der Waals surface area contributed by atoms with E-state index in [1.165, 1.54) is 6.42 Å². The topological polar surface area (TPSA) is 27.1 Å². The van der Waals surface area contributed by atoms with Crippen molar-refractivity contribution < 1.29 is 4.74 Å². The molecule has 1 aromatic rings. The minimum atomic E-state index is 0.625. The van der Waals surface area contributed by atoms with Gasteiger partial charge in [-0.05, 0) is 6.42 Å². The van der Waals surface area contributed by atoms with E-state index in [1.807, 2.05) is 10.8 Å². The molecule has 0 bridgehead atoms. The molecule has 0 aliphatic carbocycles. The first kappa shape index (κ1) is 8.27. The molecular formula is C8H14N2O. The first-order chi connectivity index (χ1) is 5.43. The lowest BCUT2D eigenvalue weighted by molar-refractivity contribution is 0.0748. The second kappa shape index (κ2) is 4.91. The number of nitrogens with zero attached hydrogens (tertiary/aromatic N) is 2. The van der Waals surface area contributed by atoms with Crippen LogP contribution in [0.4, 0.5) is 0 Å². The van der Waals surface area contributed by atoms with Gasteiger partial charge in [0.25, 0.3) is 0 Å². The molecule has 0 unspecified atom stereocenters. The van der Waals surface area contributed by atoms with Crippen LogP contribution in [0.25, 0.3) is 0 Å². The molecule has 0 fully saturated rings. The summed E-state index contributed by atoms with van der Waals surface area (Å²) in [4.78, 5) is 3.90. The monoisotopic (exact) mass is 154 g/mol. The van der Waals surface area contributed by atoms with Gasteiger partial charge in [-0.1, -0.05) is 13.3 Å². The third kappa shape index (κ3) is 3.18. The second-order valence-corrected chi connectivity index (χ2v) is 2.47. The smallest absolute Gasteiger partial charge is 0.123 e. The van der Waals surface area contributed by atoms with Crippen molar-refractivity contribution in [3.63, 3.8) is 0 Å². The lowest BCUT2D eigenvalue weighted by Crippen LogP contribution is -2.00. The Bertz CT molecular complexity index is 172. The number of hydrogen-bond donors (Lipinski definition) is 0. The molecule has 0 spiro atoms. The average Bonchev–Trinajstić information content (AvgIpc) is 2.50. The molecule has 1 heterocycles. The van der Waals surface area contributed by atoms with E-state index in [4.69, 9.17) is 4.74 Å². The standard InChI is InChI=1S/C8H14N2O/c1-2-3-6-11-8-10-5-4-9-7-10/h4-5,7H,2-3,6,8H2,1H3. The Balaban J connectivity index is 2.04. The van der Waals surface area contributed by atoms with Gasteiger partial charge in [-0.25, -0.2) is 4.98 Å². The molecule has 0 saturated heterocycles. The Morgan fingerprint density at radius 3 is 3.09 bits per heavy atom. The van der Waals surface area contributed by atoms with Gasteiger partial charge in [0.05, 0.1) is 6.33 Å². The fourth-order valence-corrected chi connectivity index (χ4v) is 0.779. The number of rotatable bonds is 5. The van der Waals surface area contributed by atoms with E-state index in [0.29, 0.717) is 6.73 Å². The van der Waals surface area contributed by atoms with Crippen molar-refractivity contribution >= 4 is 0 Å².